The molecule has 0 saturated carbocycles. The predicted octanol–water partition coefficient (Wildman–Crippen LogP) is 3.29. The van der Waals surface area contributed by atoms with Crippen molar-refractivity contribution in [2.75, 3.05) is 13.1 Å². The maximum Gasteiger partial charge on any atom is 0.404 e. The number of aryl methyl sites for hydroxylation is 2. The van der Waals surface area contributed by atoms with Gasteiger partial charge in [-0.1, -0.05) is 47.6 Å². The zero-order valence-corrected chi connectivity index (χ0v) is 20.8. The van der Waals surface area contributed by atoms with Gasteiger partial charge in [-0.3, -0.25) is 14.2 Å². The number of hydrogen-bond donors (Lipinski definition) is 2. The number of fused-ring (bicyclic) bond motifs is 1. The Morgan fingerprint density at radius 2 is 1.92 bits per heavy atom. The van der Waals surface area contributed by atoms with Gasteiger partial charge in [0.2, 0.25) is 0 Å². The number of rotatable bonds is 10. The fourth-order valence-electron chi connectivity index (χ4n) is 4.26. The molecule has 4 aromatic rings. The van der Waals surface area contributed by atoms with Crippen molar-refractivity contribution in [1.29, 1.82) is 0 Å². The van der Waals surface area contributed by atoms with Crippen molar-refractivity contribution in [3.05, 3.63) is 75.3 Å². The van der Waals surface area contributed by atoms with Crippen LogP contribution in [0.5, 0.6) is 0 Å². The quantitative estimate of drug-likeness (QED) is 0.307. The van der Waals surface area contributed by atoms with Crippen molar-refractivity contribution in [3.8, 4) is 0 Å². The highest BCUT2D eigenvalue weighted by molar-refractivity contribution is 5.92. The van der Waals surface area contributed by atoms with Crippen molar-refractivity contribution < 1.29 is 23.7 Å². The lowest BCUT2D eigenvalue weighted by atomic mass is 10.1. The summed E-state index contributed by atoms with van der Waals surface area (Å²) in [6.45, 7) is 5.78. The number of carbonyl (C=O) groups excluding carboxylic acids is 1. The molecule has 3 heterocycles. The van der Waals surface area contributed by atoms with Crippen molar-refractivity contribution in [3.63, 3.8) is 0 Å². The molecule has 0 spiro atoms. The van der Waals surface area contributed by atoms with Crippen LogP contribution in [0.25, 0.3) is 11.1 Å². The summed E-state index contributed by atoms with van der Waals surface area (Å²) in [5, 5.41) is 19.3. The second kappa shape index (κ2) is 11.1. The predicted molar refractivity (Wildman–Crippen MR) is 132 cm³/mol. The van der Waals surface area contributed by atoms with Gasteiger partial charge in [0.25, 0.3) is 17.2 Å². The zero-order valence-electron chi connectivity index (χ0n) is 20.8. The Kier molecular flexibility index (Phi) is 7.66. The first-order valence-electron chi connectivity index (χ1n) is 11.9. The molecule has 0 fully saturated rings. The largest absolute Gasteiger partial charge is 0.465 e. The summed E-state index contributed by atoms with van der Waals surface area (Å²) < 4.78 is 12.0. The monoisotopic (exact) mass is 508 g/mol. The van der Waals surface area contributed by atoms with Gasteiger partial charge in [-0.15, -0.1) is 0 Å². The molecule has 12 nitrogen and oxygen atoms in total. The van der Waals surface area contributed by atoms with E-state index in [0.717, 1.165) is 5.56 Å². The number of hydrogen-bond acceptors (Lipinski definition) is 8. The Hall–Kier alpha value is -4.48. The minimum atomic E-state index is -1.15. The first-order chi connectivity index (χ1) is 17.8. The van der Waals surface area contributed by atoms with Gasteiger partial charge >= 0.3 is 6.09 Å². The number of benzene rings is 1. The number of nitrogens with one attached hydrogen (secondary N) is 1. The topological polar surface area (TPSA) is 157 Å². The summed E-state index contributed by atoms with van der Waals surface area (Å²) in [4.78, 5) is 44.4. The third kappa shape index (κ3) is 5.52. The van der Waals surface area contributed by atoms with E-state index in [4.69, 9.17) is 14.2 Å². The minimum absolute atomic E-state index is 0.0949. The van der Waals surface area contributed by atoms with Crippen LogP contribution in [0, 0.1) is 13.8 Å². The Morgan fingerprint density at radius 3 is 2.57 bits per heavy atom. The van der Waals surface area contributed by atoms with Crippen LogP contribution < -0.4 is 10.9 Å². The lowest BCUT2D eigenvalue weighted by molar-refractivity contribution is 0.0643. The molecule has 12 heteroatoms. The van der Waals surface area contributed by atoms with Gasteiger partial charge in [0.05, 0.1) is 18.3 Å². The SMILES string of the molecule is CCC(c1nc2onc(C)c2c(=O)n1Cc1ccccc1)N(CCCNC(=O)O)C(=O)c1cc(C)on1. The van der Waals surface area contributed by atoms with E-state index in [0.29, 0.717) is 30.1 Å². The van der Waals surface area contributed by atoms with Crippen LogP contribution in [0.4, 0.5) is 4.79 Å². The van der Waals surface area contributed by atoms with E-state index in [2.05, 4.69) is 20.6 Å². The van der Waals surface area contributed by atoms with Crippen LogP contribution in [0.15, 0.2) is 50.2 Å². The maximum atomic E-state index is 13.7. The molecule has 0 aliphatic heterocycles. The van der Waals surface area contributed by atoms with E-state index in [1.54, 1.807) is 23.3 Å². The maximum absolute atomic E-state index is 13.7. The fraction of sp³-hybridized carbons (Fsp3) is 0.360. The van der Waals surface area contributed by atoms with E-state index in [-0.39, 0.29) is 42.0 Å². The smallest absolute Gasteiger partial charge is 0.404 e. The molecule has 194 valence electrons. The number of nitrogens with zero attached hydrogens (tertiary/aromatic N) is 5. The summed E-state index contributed by atoms with van der Waals surface area (Å²) in [7, 11) is 0. The highest BCUT2D eigenvalue weighted by atomic mass is 16.5. The summed E-state index contributed by atoms with van der Waals surface area (Å²) >= 11 is 0. The lowest BCUT2D eigenvalue weighted by Crippen LogP contribution is -2.40. The Labute approximate surface area is 211 Å². The fourth-order valence-corrected chi connectivity index (χ4v) is 4.26. The normalized spacial score (nSPS) is 12.0. The number of carbonyl (C=O) groups is 2. The van der Waals surface area contributed by atoms with Crippen LogP contribution in [0.2, 0.25) is 0 Å². The van der Waals surface area contributed by atoms with Gasteiger partial charge in [-0.25, -0.2) is 4.79 Å². The molecule has 1 aromatic carbocycles. The molecule has 1 unspecified atom stereocenters. The highest BCUT2D eigenvalue weighted by Gasteiger charge is 2.31. The van der Waals surface area contributed by atoms with Crippen LogP contribution in [0.1, 0.15) is 59.1 Å². The minimum Gasteiger partial charge on any atom is -0.465 e. The van der Waals surface area contributed by atoms with Crippen molar-refractivity contribution in [2.24, 2.45) is 0 Å². The van der Waals surface area contributed by atoms with Gasteiger partial charge in [-0.05, 0) is 32.3 Å². The van der Waals surface area contributed by atoms with E-state index < -0.39 is 18.0 Å². The zero-order chi connectivity index (χ0) is 26.5. The van der Waals surface area contributed by atoms with Crippen molar-refractivity contribution >= 4 is 23.1 Å². The molecule has 0 bridgehead atoms. The second-order valence-electron chi connectivity index (χ2n) is 8.63. The molecular formula is C25H28N6O6. The first-order valence-corrected chi connectivity index (χ1v) is 11.9. The summed E-state index contributed by atoms with van der Waals surface area (Å²) in [5.41, 5.74) is 1.19. The molecule has 2 N–H and O–H groups in total. The summed E-state index contributed by atoms with van der Waals surface area (Å²) in [5.74, 6) is 0.384. The van der Waals surface area contributed by atoms with Crippen LogP contribution in [-0.4, -0.2) is 55.0 Å². The first kappa shape index (κ1) is 25.6. The van der Waals surface area contributed by atoms with Crippen molar-refractivity contribution in [1.82, 2.24) is 30.1 Å². The standard InChI is InChI=1S/C25H28N6O6/c1-4-19(30(12-8-11-26-25(34)35)23(32)18-13-15(2)36-29-18)21-27-22-20(16(3)28-37-22)24(33)31(21)14-17-9-6-5-7-10-17/h5-7,9-10,13,19,26H,4,8,11-12,14H2,1-3H3,(H,34,35). The number of carboxylic acid groups (broad SMARTS) is 1. The van der Waals surface area contributed by atoms with Gasteiger partial charge in [0, 0.05) is 19.2 Å². The van der Waals surface area contributed by atoms with Crippen molar-refractivity contribution in [2.45, 2.75) is 46.2 Å². The summed E-state index contributed by atoms with van der Waals surface area (Å²) in [6, 6.07) is 10.3. The molecule has 0 aliphatic rings. The average Bonchev–Trinajstić information content (AvgIpc) is 3.48. The summed E-state index contributed by atoms with van der Waals surface area (Å²) in [6.07, 6.45) is -0.409. The molecule has 0 radical (unpaired) electrons. The van der Waals surface area contributed by atoms with Gasteiger partial charge in [0.15, 0.2) is 5.69 Å². The van der Waals surface area contributed by atoms with E-state index in [1.165, 1.54) is 6.07 Å². The molecule has 4 rings (SSSR count). The van der Waals surface area contributed by atoms with Crippen LogP contribution in [0.3, 0.4) is 0 Å². The average molecular weight is 509 g/mol. The molecule has 2 amide bonds. The van der Waals surface area contributed by atoms with Gasteiger partial charge in [0.1, 0.15) is 17.0 Å². The van der Waals surface area contributed by atoms with E-state index in [9.17, 15) is 14.4 Å². The molecule has 1 atom stereocenters. The lowest BCUT2D eigenvalue weighted by Gasteiger charge is -2.31. The number of amides is 2. The van der Waals surface area contributed by atoms with Crippen LogP contribution in [-0.2, 0) is 6.54 Å². The third-order valence-electron chi connectivity index (χ3n) is 6.00. The van der Waals surface area contributed by atoms with E-state index in [1.807, 2.05) is 37.3 Å². The highest BCUT2D eigenvalue weighted by Crippen LogP contribution is 2.27. The molecule has 0 saturated heterocycles. The molecule has 3 aromatic heterocycles. The van der Waals surface area contributed by atoms with Gasteiger partial charge < -0.3 is 24.4 Å². The van der Waals surface area contributed by atoms with Gasteiger partial charge in [-0.2, -0.15) is 4.98 Å². The molecular weight excluding hydrogens is 480 g/mol. The Balaban J connectivity index is 1.82. The van der Waals surface area contributed by atoms with Crippen LogP contribution >= 0.6 is 0 Å². The Bertz CT molecular complexity index is 1460. The number of aromatic nitrogens is 4. The molecule has 37 heavy (non-hydrogen) atoms. The second-order valence-corrected chi connectivity index (χ2v) is 8.63. The molecule has 0 aliphatic carbocycles. The van der Waals surface area contributed by atoms with E-state index >= 15 is 0 Å². The third-order valence-corrected chi connectivity index (χ3v) is 6.00. The Morgan fingerprint density at radius 1 is 1.16 bits per heavy atom.